The van der Waals surface area contributed by atoms with Gasteiger partial charge in [-0.15, -0.1) is 0 Å². The number of hydrogen-bond donors (Lipinski definition) is 1. The summed E-state index contributed by atoms with van der Waals surface area (Å²) in [5.74, 6) is 1.21. The number of rotatable bonds is 8. The molecule has 128 valence electrons. The van der Waals surface area contributed by atoms with Crippen LogP contribution in [-0.2, 0) is 13.1 Å². The van der Waals surface area contributed by atoms with Gasteiger partial charge < -0.3 is 9.73 Å². The molecule has 2 aromatic rings. The molecule has 0 atom stereocenters. The number of aromatic nitrogens is 1. The zero-order valence-electron chi connectivity index (χ0n) is 14.4. The number of hydrogen-bond acceptors (Lipinski definition) is 4. The molecule has 1 aliphatic rings. The van der Waals surface area contributed by atoms with E-state index in [0.717, 1.165) is 19.0 Å². The lowest BCUT2D eigenvalue weighted by molar-refractivity contribution is 0.0950. The lowest BCUT2D eigenvalue weighted by Gasteiger charge is -2.21. The van der Waals surface area contributed by atoms with Gasteiger partial charge in [0.15, 0.2) is 5.69 Å². The number of nitrogens with one attached hydrogen (secondary N) is 1. The van der Waals surface area contributed by atoms with Crippen LogP contribution < -0.4 is 5.32 Å². The van der Waals surface area contributed by atoms with Gasteiger partial charge in [0.1, 0.15) is 6.26 Å². The van der Waals surface area contributed by atoms with Crippen molar-refractivity contribution >= 4 is 5.91 Å². The van der Waals surface area contributed by atoms with Gasteiger partial charge in [-0.25, -0.2) is 4.98 Å². The molecule has 0 saturated heterocycles. The van der Waals surface area contributed by atoms with Crippen molar-refractivity contribution in [3.63, 3.8) is 0 Å². The van der Waals surface area contributed by atoms with E-state index >= 15 is 0 Å². The number of oxazole rings is 1. The molecular formula is C19H25N3O2. The van der Waals surface area contributed by atoms with Crippen LogP contribution in [-0.4, -0.2) is 28.9 Å². The van der Waals surface area contributed by atoms with Gasteiger partial charge in [0.25, 0.3) is 5.91 Å². The van der Waals surface area contributed by atoms with Crippen LogP contribution in [0, 0.1) is 12.8 Å². The smallest absolute Gasteiger partial charge is 0.273 e. The lowest BCUT2D eigenvalue weighted by Crippen LogP contribution is -2.26. The van der Waals surface area contributed by atoms with E-state index in [1.54, 1.807) is 0 Å². The third-order valence-electron chi connectivity index (χ3n) is 4.35. The average Bonchev–Trinajstić information content (AvgIpc) is 3.25. The molecular weight excluding hydrogens is 302 g/mol. The zero-order chi connectivity index (χ0) is 16.9. The Balaban J connectivity index is 1.68. The summed E-state index contributed by atoms with van der Waals surface area (Å²) < 4.78 is 5.52. The fourth-order valence-corrected chi connectivity index (χ4v) is 2.81. The molecule has 3 rings (SSSR count). The number of nitrogens with zero attached hydrogens (tertiary/aromatic N) is 2. The highest BCUT2D eigenvalue weighted by Gasteiger charge is 2.25. The molecule has 1 N–H and O–H groups in total. The summed E-state index contributed by atoms with van der Waals surface area (Å²) in [4.78, 5) is 18.5. The van der Waals surface area contributed by atoms with Crippen LogP contribution in [0.15, 0.2) is 34.9 Å². The summed E-state index contributed by atoms with van der Waals surface area (Å²) in [5, 5.41) is 2.74. The summed E-state index contributed by atoms with van der Waals surface area (Å²) in [6.07, 6.45) is 4.06. The van der Waals surface area contributed by atoms with Crippen molar-refractivity contribution in [1.29, 1.82) is 0 Å². The predicted molar refractivity (Wildman–Crippen MR) is 92.5 cm³/mol. The molecule has 1 saturated carbocycles. The van der Waals surface area contributed by atoms with E-state index in [2.05, 4.69) is 46.4 Å². The molecule has 24 heavy (non-hydrogen) atoms. The van der Waals surface area contributed by atoms with Crippen LogP contribution in [0.1, 0.15) is 47.3 Å². The third kappa shape index (κ3) is 4.45. The standard InChI is InChI=1S/C19H25N3O2/c1-3-20-19(23)17-13-24-18(21-17)12-22(10-15-8-9-15)11-16-7-5-4-6-14(16)2/h4-7,13,15H,3,8-12H2,1-2H3,(H,20,23). The third-order valence-corrected chi connectivity index (χ3v) is 4.35. The molecule has 1 amide bonds. The van der Waals surface area contributed by atoms with Gasteiger partial charge >= 0.3 is 0 Å². The first-order chi connectivity index (χ1) is 11.7. The molecule has 1 fully saturated rings. The van der Waals surface area contributed by atoms with Crippen molar-refractivity contribution in [2.24, 2.45) is 5.92 Å². The first-order valence-corrected chi connectivity index (χ1v) is 8.65. The minimum absolute atomic E-state index is 0.180. The van der Waals surface area contributed by atoms with E-state index < -0.39 is 0 Å². The van der Waals surface area contributed by atoms with Gasteiger partial charge in [-0.3, -0.25) is 9.69 Å². The maximum atomic E-state index is 11.8. The second-order valence-electron chi connectivity index (χ2n) is 6.53. The summed E-state index contributed by atoms with van der Waals surface area (Å²) in [7, 11) is 0. The Labute approximate surface area is 143 Å². The fraction of sp³-hybridized carbons (Fsp3) is 0.474. The highest BCUT2D eigenvalue weighted by atomic mass is 16.3. The van der Waals surface area contributed by atoms with Crippen LogP contribution in [0.4, 0.5) is 0 Å². The molecule has 0 unspecified atom stereocenters. The van der Waals surface area contributed by atoms with Crippen molar-refractivity contribution in [3.05, 3.63) is 53.2 Å². The van der Waals surface area contributed by atoms with E-state index in [9.17, 15) is 4.79 Å². The van der Waals surface area contributed by atoms with Crippen molar-refractivity contribution in [1.82, 2.24) is 15.2 Å². The van der Waals surface area contributed by atoms with Gasteiger partial charge in [0, 0.05) is 19.6 Å². The zero-order valence-corrected chi connectivity index (χ0v) is 14.4. The first-order valence-electron chi connectivity index (χ1n) is 8.65. The van der Waals surface area contributed by atoms with E-state index in [4.69, 9.17) is 4.42 Å². The van der Waals surface area contributed by atoms with E-state index in [-0.39, 0.29) is 5.91 Å². The molecule has 0 spiro atoms. The molecule has 5 heteroatoms. The molecule has 1 heterocycles. The summed E-state index contributed by atoms with van der Waals surface area (Å²) >= 11 is 0. The second kappa shape index (κ2) is 7.62. The Morgan fingerprint density at radius 2 is 2.12 bits per heavy atom. The highest BCUT2D eigenvalue weighted by molar-refractivity contribution is 5.91. The van der Waals surface area contributed by atoms with Crippen LogP contribution in [0.3, 0.4) is 0 Å². The normalized spacial score (nSPS) is 14.1. The van der Waals surface area contributed by atoms with Gasteiger partial charge in [-0.05, 0) is 43.7 Å². The van der Waals surface area contributed by atoms with Gasteiger partial charge in [0.2, 0.25) is 5.89 Å². The van der Waals surface area contributed by atoms with E-state index in [1.165, 1.54) is 30.2 Å². The first kappa shape index (κ1) is 16.7. The Hall–Kier alpha value is -2.14. The molecule has 0 bridgehead atoms. The van der Waals surface area contributed by atoms with Crippen molar-refractivity contribution < 1.29 is 9.21 Å². The lowest BCUT2D eigenvalue weighted by atomic mass is 10.1. The SMILES string of the molecule is CCNC(=O)c1coc(CN(Cc2ccccc2C)CC2CC2)n1. The Morgan fingerprint density at radius 3 is 2.83 bits per heavy atom. The number of aryl methyl sites for hydroxylation is 1. The van der Waals surface area contributed by atoms with Crippen molar-refractivity contribution in [2.45, 2.75) is 39.8 Å². The molecule has 1 aromatic carbocycles. The van der Waals surface area contributed by atoms with Crippen LogP contribution in [0.5, 0.6) is 0 Å². The van der Waals surface area contributed by atoms with Crippen molar-refractivity contribution in [3.8, 4) is 0 Å². The van der Waals surface area contributed by atoms with Gasteiger partial charge in [-0.2, -0.15) is 0 Å². The minimum atomic E-state index is -0.180. The Morgan fingerprint density at radius 1 is 1.33 bits per heavy atom. The number of benzene rings is 1. The van der Waals surface area contributed by atoms with Crippen LogP contribution in [0.25, 0.3) is 0 Å². The predicted octanol–water partition coefficient (Wildman–Crippen LogP) is 3.14. The maximum absolute atomic E-state index is 11.8. The monoisotopic (exact) mass is 327 g/mol. The maximum Gasteiger partial charge on any atom is 0.273 e. The molecule has 0 radical (unpaired) electrons. The molecule has 1 aromatic heterocycles. The number of carbonyl (C=O) groups is 1. The minimum Gasteiger partial charge on any atom is -0.447 e. The van der Waals surface area contributed by atoms with Crippen LogP contribution >= 0.6 is 0 Å². The van der Waals surface area contributed by atoms with E-state index in [1.807, 2.05) is 6.92 Å². The van der Waals surface area contributed by atoms with E-state index in [0.29, 0.717) is 24.7 Å². The average molecular weight is 327 g/mol. The Kier molecular flexibility index (Phi) is 5.30. The fourth-order valence-electron chi connectivity index (χ4n) is 2.81. The quantitative estimate of drug-likeness (QED) is 0.809. The number of amides is 1. The largest absolute Gasteiger partial charge is 0.447 e. The summed E-state index contributed by atoms with van der Waals surface area (Å²) in [5.41, 5.74) is 2.98. The molecule has 1 aliphatic carbocycles. The van der Waals surface area contributed by atoms with Crippen LogP contribution in [0.2, 0.25) is 0 Å². The molecule has 5 nitrogen and oxygen atoms in total. The van der Waals surface area contributed by atoms with Gasteiger partial charge in [-0.1, -0.05) is 24.3 Å². The Bertz CT molecular complexity index is 691. The number of carbonyl (C=O) groups excluding carboxylic acids is 1. The second-order valence-corrected chi connectivity index (χ2v) is 6.53. The highest BCUT2D eigenvalue weighted by Crippen LogP contribution is 2.30. The summed E-state index contributed by atoms with van der Waals surface area (Å²) in [6.45, 7) is 7.17. The topological polar surface area (TPSA) is 58.4 Å². The molecule has 0 aliphatic heterocycles. The summed E-state index contributed by atoms with van der Waals surface area (Å²) in [6, 6.07) is 8.46. The van der Waals surface area contributed by atoms with Gasteiger partial charge in [0.05, 0.1) is 6.54 Å². The van der Waals surface area contributed by atoms with Crippen molar-refractivity contribution in [2.75, 3.05) is 13.1 Å².